The largest absolute Gasteiger partial charge is 0.478 e. The smallest absolute Gasteiger partial charge is 0.355 e. The first kappa shape index (κ1) is 23.6. The summed E-state index contributed by atoms with van der Waals surface area (Å²) in [5, 5.41) is 10.8. The summed E-state index contributed by atoms with van der Waals surface area (Å²) >= 11 is 12.4. The molecule has 3 rings (SSSR count). The fourth-order valence-corrected chi connectivity index (χ4v) is 4.31. The van der Waals surface area contributed by atoms with Gasteiger partial charge in [-0.05, 0) is 42.8 Å². The van der Waals surface area contributed by atoms with Crippen LogP contribution in [0.2, 0.25) is 10.0 Å². The summed E-state index contributed by atoms with van der Waals surface area (Å²) in [4.78, 5) is 27.6. The van der Waals surface area contributed by atoms with Crippen LogP contribution in [0.1, 0.15) is 28.5 Å². The van der Waals surface area contributed by atoms with Crippen molar-refractivity contribution in [2.75, 3.05) is 17.6 Å². The van der Waals surface area contributed by atoms with E-state index in [1.54, 1.807) is 13.0 Å². The van der Waals surface area contributed by atoms with Gasteiger partial charge in [0.25, 0.3) is 0 Å². The summed E-state index contributed by atoms with van der Waals surface area (Å²) in [7, 11) is -3.57. The maximum absolute atomic E-state index is 12.5. The van der Waals surface area contributed by atoms with Crippen LogP contribution in [-0.2, 0) is 19.6 Å². The molecule has 11 heteroatoms. The lowest BCUT2D eigenvalue weighted by Crippen LogP contribution is -2.10. The number of carbonyl (C=O) groups excluding carboxylic acids is 1. The fraction of sp³-hybridized carbons (Fsp3) is 0.143. The molecule has 0 fully saturated rings. The van der Waals surface area contributed by atoms with Gasteiger partial charge in [0.2, 0.25) is 10.0 Å². The van der Waals surface area contributed by atoms with E-state index in [1.807, 2.05) is 0 Å². The molecule has 3 N–H and O–H groups in total. The lowest BCUT2D eigenvalue weighted by atomic mass is 10.0. The topological polar surface area (TPSA) is 126 Å². The van der Waals surface area contributed by atoms with E-state index < -0.39 is 22.0 Å². The third kappa shape index (κ3) is 5.24. The van der Waals surface area contributed by atoms with Crippen LogP contribution in [0.3, 0.4) is 0 Å². The van der Waals surface area contributed by atoms with Crippen LogP contribution in [0.4, 0.5) is 5.69 Å². The number of carbonyl (C=O) groups is 2. The van der Waals surface area contributed by atoms with Crippen LogP contribution in [-0.4, -0.2) is 43.3 Å². The van der Waals surface area contributed by atoms with Crippen molar-refractivity contribution in [1.29, 1.82) is 0 Å². The highest BCUT2D eigenvalue weighted by molar-refractivity contribution is 7.92. The van der Waals surface area contributed by atoms with Crippen LogP contribution in [0.15, 0.2) is 36.4 Å². The zero-order chi connectivity index (χ0) is 23.6. The molecule has 0 aliphatic rings. The molecule has 8 nitrogen and oxygen atoms in total. The number of carboxylic acid groups (broad SMARTS) is 1. The van der Waals surface area contributed by atoms with Gasteiger partial charge in [-0.2, -0.15) is 0 Å². The number of hydrogen-bond donors (Lipinski definition) is 3. The van der Waals surface area contributed by atoms with Gasteiger partial charge in [-0.1, -0.05) is 35.3 Å². The van der Waals surface area contributed by atoms with Crippen LogP contribution >= 0.6 is 23.2 Å². The quantitative estimate of drug-likeness (QED) is 0.322. The van der Waals surface area contributed by atoms with Gasteiger partial charge in [-0.15, -0.1) is 0 Å². The molecule has 0 aliphatic heterocycles. The molecular formula is C21H18Cl2N2O6S. The number of anilines is 1. The Morgan fingerprint density at radius 2 is 1.94 bits per heavy atom. The van der Waals surface area contributed by atoms with Gasteiger partial charge in [0.15, 0.2) is 0 Å². The van der Waals surface area contributed by atoms with Gasteiger partial charge in [-0.25, -0.2) is 18.0 Å². The minimum Gasteiger partial charge on any atom is -0.478 e. The van der Waals surface area contributed by atoms with Gasteiger partial charge in [0.05, 0.1) is 23.5 Å². The first-order valence-electron chi connectivity index (χ1n) is 9.21. The van der Waals surface area contributed by atoms with Crippen LogP contribution in [0.5, 0.6) is 0 Å². The predicted molar refractivity (Wildman–Crippen MR) is 125 cm³/mol. The molecule has 0 amide bonds. The van der Waals surface area contributed by atoms with E-state index in [4.69, 9.17) is 27.9 Å². The SMILES string of the molecule is CCOC(=O)c1[nH]c2cc(Cl)cc(Cl)c2c1C=C(C(=O)O)c1cccc(NS(C)(=O)=O)c1. The molecular weight excluding hydrogens is 479 g/mol. The molecule has 1 aromatic heterocycles. The van der Waals surface area contributed by atoms with E-state index in [2.05, 4.69) is 9.71 Å². The Labute approximate surface area is 193 Å². The molecule has 0 atom stereocenters. The number of H-pyrrole nitrogens is 1. The van der Waals surface area contributed by atoms with Gasteiger partial charge in [0, 0.05) is 27.2 Å². The van der Waals surface area contributed by atoms with Crippen LogP contribution in [0, 0.1) is 0 Å². The predicted octanol–water partition coefficient (Wildman–Crippen LogP) is 4.65. The lowest BCUT2D eigenvalue weighted by molar-refractivity contribution is -0.130. The normalized spacial score (nSPS) is 12.1. The summed E-state index contributed by atoms with van der Waals surface area (Å²) < 4.78 is 30.5. The zero-order valence-electron chi connectivity index (χ0n) is 16.9. The van der Waals surface area contributed by atoms with E-state index in [1.165, 1.54) is 36.4 Å². The molecule has 0 saturated carbocycles. The fourth-order valence-electron chi connectivity index (χ4n) is 3.16. The molecule has 1 heterocycles. The second kappa shape index (κ2) is 9.23. The number of sulfonamides is 1. The monoisotopic (exact) mass is 496 g/mol. The lowest BCUT2D eigenvalue weighted by Gasteiger charge is -2.08. The number of aliphatic carboxylic acids is 1. The van der Waals surface area contributed by atoms with Crippen LogP contribution in [0.25, 0.3) is 22.6 Å². The summed E-state index contributed by atoms with van der Waals surface area (Å²) in [5.41, 5.74) is 0.842. The first-order valence-corrected chi connectivity index (χ1v) is 11.9. The van der Waals surface area contributed by atoms with E-state index >= 15 is 0 Å². The van der Waals surface area contributed by atoms with Gasteiger partial charge in [0.1, 0.15) is 5.69 Å². The van der Waals surface area contributed by atoms with Crippen molar-refractivity contribution >= 4 is 73.4 Å². The van der Waals surface area contributed by atoms with Crippen molar-refractivity contribution in [3.05, 3.63) is 63.3 Å². The molecule has 0 saturated heterocycles. The number of benzene rings is 2. The second-order valence-corrected chi connectivity index (χ2v) is 9.35. The molecule has 0 bridgehead atoms. The number of carboxylic acids is 1. The molecule has 168 valence electrons. The number of esters is 1. The van der Waals surface area contributed by atoms with E-state index in [-0.39, 0.29) is 39.7 Å². The highest BCUT2D eigenvalue weighted by atomic mass is 35.5. The minimum atomic E-state index is -3.57. The molecule has 0 aliphatic carbocycles. The zero-order valence-corrected chi connectivity index (χ0v) is 19.2. The van der Waals surface area contributed by atoms with Crippen molar-refractivity contribution in [1.82, 2.24) is 4.98 Å². The Morgan fingerprint density at radius 1 is 1.22 bits per heavy atom. The Morgan fingerprint density at radius 3 is 2.56 bits per heavy atom. The Balaban J connectivity index is 2.27. The summed E-state index contributed by atoms with van der Waals surface area (Å²) in [6.45, 7) is 1.75. The Hall–Kier alpha value is -3.01. The molecule has 32 heavy (non-hydrogen) atoms. The average molecular weight is 497 g/mol. The van der Waals surface area contributed by atoms with Crippen molar-refractivity contribution in [2.24, 2.45) is 0 Å². The van der Waals surface area contributed by atoms with Gasteiger partial charge >= 0.3 is 11.9 Å². The third-order valence-corrected chi connectivity index (χ3v) is 5.45. The first-order chi connectivity index (χ1) is 15.0. The number of fused-ring (bicyclic) bond motifs is 1. The number of halogens is 2. The van der Waals surface area contributed by atoms with Crippen LogP contribution < -0.4 is 4.72 Å². The van der Waals surface area contributed by atoms with Crippen molar-refractivity contribution in [3.8, 4) is 0 Å². The minimum absolute atomic E-state index is 0.00943. The highest BCUT2D eigenvalue weighted by Crippen LogP contribution is 2.35. The van der Waals surface area contributed by atoms with Crippen molar-refractivity contribution < 1.29 is 27.9 Å². The molecule has 0 unspecified atom stereocenters. The number of nitrogens with one attached hydrogen (secondary N) is 2. The number of aromatic nitrogens is 1. The Kier molecular flexibility index (Phi) is 6.82. The van der Waals surface area contributed by atoms with E-state index in [9.17, 15) is 23.1 Å². The average Bonchev–Trinajstić information content (AvgIpc) is 3.03. The van der Waals surface area contributed by atoms with Crippen molar-refractivity contribution in [2.45, 2.75) is 6.92 Å². The van der Waals surface area contributed by atoms with Gasteiger partial charge in [-0.3, -0.25) is 4.72 Å². The molecule has 3 aromatic rings. The summed E-state index contributed by atoms with van der Waals surface area (Å²) in [6, 6.07) is 8.90. The number of hydrogen-bond acceptors (Lipinski definition) is 5. The summed E-state index contributed by atoms with van der Waals surface area (Å²) in [6.07, 6.45) is 2.27. The highest BCUT2D eigenvalue weighted by Gasteiger charge is 2.22. The van der Waals surface area contributed by atoms with E-state index in [0.717, 1.165) is 6.26 Å². The standard InChI is InChI=1S/C21H18Cl2N2O6S/c1-3-31-21(28)19-15(18-16(23)8-12(22)9-17(18)24-19)10-14(20(26)27)11-5-4-6-13(7-11)25-32(2,29)30/h4-10,24-25H,3H2,1-2H3,(H,26,27). The molecule has 0 spiro atoms. The Bertz CT molecular complexity index is 1360. The number of rotatable bonds is 7. The third-order valence-electron chi connectivity index (χ3n) is 4.33. The maximum atomic E-state index is 12.5. The van der Waals surface area contributed by atoms with E-state index in [0.29, 0.717) is 15.9 Å². The van der Waals surface area contributed by atoms with Gasteiger partial charge < -0.3 is 14.8 Å². The second-order valence-electron chi connectivity index (χ2n) is 6.76. The molecule has 0 radical (unpaired) electrons. The number of aromatic amines is 1. The van der Waals surface area contributed by atoms with Crippen molar-refractivity contribution in [3.63, 3.8) is 0 Å². The molecule has 2 aromatic carbocycles. The number of ether oxygens (including phenoxy) is 1. The summed E-state index contributed by atoms with van der Waals surface area (Å²) in [5.74, 6) is -1.99. The maximum Gasteiger partial charge on any atom is 0.355 e.